The van der Waals surface area contributed by atoms with Crippen LogP contribution in [0.4, 0.5) is 16.3 Å². The monoisotopic (exact) mass is 490 g/mol. The second-order valence-electron chi connectivity index (χ2n) is 10.1. The van der Waals surface area contributed by atoms with Gasteiger partial charge in [0.15, 0.2) is 5.69 Å². The Balaban J connectivity index is 1.96. The van der Waals surface area contributed by atoms with Gasteiger partial charge in [0.2, 0.25) is 5.91 Å². The third-order valence-corrected chi connectivity index (χ3v) is 7.23. The molecule has 0 unspecified atom stereocenters. The Hall–Kier alpha value is -3.11. The molecule has 1 aromatic heterocycles. The lowest BCUT2D eigenvalue weighted by Gasteiger charge is -2.35. The van der Waals surface area contributed by atoms with E-state index in [1.807, 2.05) is 20.8 Å². The van der Waals surface area contributed by atoms with Gasteiger partial charge >= 0.3 is 11.7 Å². The number of hydrogen-bond donors (Lipinski definition) is 2. The second kappa shape index (κ2) is 10.7. The molecule has 1 spiro atoms. The van der Waals surface area contributed by atoms with E-state index in [9.17, 15) is 24.0 Å². The predicted octanol–water partition coefficient (Wildman–Crippen LogP) is 1.89. The van der Waals surface area contributed by atoms with Gasteiger partial charge in [-0.05, 0) is 31.6 Å². The summed E-state index contributed by atoms with van der Waals surface area (Å²) in [6, 6.07) is -0.510. The average Bonchev–Trinajstić information content (AvgIpc) is 2.97. The van der Waals surface area contributed by atoms with Crippen LogP contribution in [0.2, 0.25) is 0 Å². The normalized spacial score (nSPS) is 17.6. The number of amides is 4. The van der Waals surface area contributed by atoms with Crippen molar-refractivity contribution in [1.82, 2.24) is 19.4 Å². The number of aromatic nitrogens is 2. The Kier molecular flexibility index (Phi) is 8.07. The summed E-state index contributed by atoms with van der Waals surface area (Å²) in [6.07, 6.45) is 5.88. The number of nitrogens with one attached hydrogen (secondary N) is 1. The van der Waals surface area contributed by atoms with E-state index in [4.69, 9.17) is 5.73 Å². The number of hydrogen-bond acceptors (Lipinski definition) is 6. The van der Waals surface area contributed by atoms with Crippen LogP contribution >= 0.6 is 0 Å². The van der Waals surface area contributed by atoms with Gasteiger partial charge in [0, 0.05) is 20.1 Å². The summed E-state index contributed by atoms with van der Waals surface area (Å²) in [4.78, 5) is 71.1. The Bertz CT molecular complexity index is 1080. The van der Waals surface area contributed by atoms with E-state index < -0.39 is 35.3 Å². The lowest BCUT2D eigenvalue weighted by Crippen LogP contribution is -2.50. The number of rotatable bonds is 9. The minimum atomic E-state index is -0.901. The van der Waals surface area contributed by atoms with Crippen LogP contribution in [0.3, 0.4) is 0 Å². The number of nitrogen functional groups attached to an aromatic ring is 1. The maximum Gasteiger partial charge on any atom is 0.330 e. The molecule has 0 radical (unpaired) electrons. The lowest BCUT2D eigenvalue weighted by atomic mass is 9.81. The number of likely N-dealkylation sites (N-methyl/N-ethyl adjacent to an activating group) is 1. The summed E-state index contributed by atoms with van der Waals surface area (Å²) in [5.74, 6) is -0.837. The fourth-order valence-corrected chi connectivity index (χ4v) is 5.02. The standard InChI is InChI=1S/C24H38N6O5/c1-5-6-13-29-19(25)18(20(32)26-22(29)34)28(14-10-16(2)3)17(31)15-30-21(33)24(27(4)23(30)35)11-8-7-9-12-24/h16H,5-15,25H2,1-4H3,(H,26,32,34). The molecule has 0 bridgehead atoms. The lowest BCUT2D eigenvalue weighted by molar-refractivity contribution is -0.136. The minimum Gasteiger partial charge on any atom is -0.383 e. The van der Waals surface area contributed by atoms with Crippen molar-refractivity contribution < 1.29 is 14.4 Å². The molecule has 0 aromatic carbocycles. The number of nitrogens with two attached hydrogens (primary N) is 1. The molecule has 3 N–H and O–H groups in total. The third kappa shape index (κ3) is 4.99. The summed E-state index contributed by atoms with van der Waals surface area (Å²) in [6.45, 7) is 5.89. The van der Waals surface area contributed by atoms with E-state index >= 15 is 0 Å². The van der Waals surface area contributed by atoms with Crippen molar-refractivity contribution in [3.8, 4) is 0 Å². The van der Waals surface area contributed by atoms with E-state index in [-0.39, 0.29) is 29.9 Å². The first-order chi connectivity index (χ1) is 16.5. The molecule has 1 aliphatic heterocycles. The summed E-state index contributed by atoms with van der Waals surface area (Å²) in [7, 11) is 1.61. The van der Waals surface area contributed by atoms with Gasteiger partial charge in [0.05, 0.1) is 0 Å². The first kappa shape index (κ1) is 26.5. The molecule has 2 aliphatic rings. The molecule has 194 valence electrons. The van der Waals surface area contributed by atoms with Crippen molar-refractivity contribution in [2.24, 2.45) is 5.92 Å². The van der Waals surface area contributed by atoms with Gasteiger partial charge < -0.3 is 15.5 Å². The molecule has 11 heteroatoms. The SMILES string of the molecule is CCCCn1c(N)c(N(CCC(C)C)C(=O)CN2C(=O)N(C)C3(CCCCC3)C2=O)c(=O)[nH]c1=O. The maximum atomic E-state index is 13.6. The minimum absolute atomic E-state index is 0.0933. The highest BCUT2D eigenvalue weighted by atomic mass is 16.2. The number of aromatic amines is 1. The molecular weight excluding hydrogens is 452 g/mol. The maximum absolute atomic E-state index is 13.6. The van der Waals surface area contributed by atoms with Crippen LogP contribution in [0.1, 0.15) is 72.1 Å². The number of urea groups is 1. The van der Waals surface area contributed by atoms with E-state index in [0.717, 1.165) is 30.6 Å². The summed E-state index contributed by atoms with van der Waals surface area (Å²) < 4.78 is 1.26. The number of unbranched alkanes of at least 4 members (excludes halogenated alkanes) is 1. The molecular formula is C24H38N6O5. The quantitative estimate of drug-likeness (QED) is 0.506. The fraction of sp³-hybridized carbons (Fsp3) is 0.708. The van der Waals surface area contributed by atoms with Gasteiger partial charge in [0.25, 0.3) is 11.5 Å². The number of H-pyrrole nitrogens is 1. The molecule has 1 aromatic rings. The number of carbonyl (C=O) groups excluding carboxylic acids is 3. The highest BCUT2D eigenvalue weighted by molar-refractivity contribution is 6.10. The topological polar surface area (TPSA) is 142 Å². The molecule has 2 fully saturated rings. The zero-order valence-electron chi connectivity index (χ0n) is 21.3. The molecule has 0 atom stereocenters. The number of carbonyl (C=O) groups is 3. The summed E-state index contributed by atoms with van der Waals surface area (Å²) >= 11 is 0. The van der Waals surface area contributed by atoms with Crippen molar-refractivity contribution in [3.05, 3.63) is 20.8 Å². The Labute approximate surface area is 205 Å². The zero-order valence-corrected chi connectivity index (χ0v) is 21.3. The Morgan fingerprint density at radius 2 is 1.80 bits per heavy atom. The van der Waals surface area contributed by atoms with Gasteiger partial charge in [-0.1, -0.05) is 46.5 Å². The highest BCUT2D eigenvalue weighted by Crippen LogP contribution is 2.39. The van der Waals surface area contributed by atoms with Crippen LogP contribution < -0.4 is 21.9 Å². The van der Waals surface area contributed by atoms with Gasteiger partial charge in [0.1, 0.15) is 17.9 Å². The second-order valence-corrected chi connectivity index (χ2v) is 10.1. The van der Waals surface area contributed by atoms with E-state index in [2.05, 4.69) is 4.98 Å². The first-order valence-electron chi connectivity index (χ1n) is 12.6. The zero-order chi connectivity index (χ0) is 25.9. The van der Waals surface area contributed by atoms with Gasteiger partial charge in [-0.2, -0.15) is 0 Å². The Morgan fingerprint density at radius 3 is 2.40 bits per heavy atom. The van der Waals surface area contributed by atoms with Crippen LogP contribution in [-0.4, -0.2) is 62.9 Å². The number of anilines is 2. The smallest absolute Gasteiger partial charge is 0.330 e. The van der Waals surface area contributed by atoms with Crippen LogP contribution in [-0.2, 0) is 16.1 Å². The van der Waals surface area contributed by atoms with Crippen molar-refractivity contribution in [2.45, 2.75) is 84.2 Å². The van der Waals surface area contributed by atoms with Crippen LogP contribution in [0.25, 0.3) is 0 Å². The summed E-state index contributed by atoms with van der Waals surface area (Å²) in [5.41, 5.74) is 3.84. The van der Waals surface area contributed by atoms with Gasteiger partial charge in [-0.25, -0.2) is 9.59 Å². The highest BCUT2D eigenvalue weighted by Gasteiger charge is 2.56. The molecule has 1 saturated carbocycles. The molecule has 4 amide bonds. The van der Waals surface area contributed by atoms with Crippen molar-refractivity contribution in [3.63, 3.8) is 0 Å². The third-order valence-electron chi connectivity index (χ3n) is 7.23. The number of imide groups is 1. The van der Waals surface area contributed by atoms with Crippen molar-refractivity contribution >= 4 is 29.4 Å². The largest absolute Gasteiger partial charge is 0.383 e. The van der Waals surface area contributed by atoms with Crippen molar-refractivity contribution in [2.75, 3.05) is 30.8 Å². The number of nitrogens with zero attached hydrogens (tertiary/aromatic N) is 4. The van der Waals surface area contributed by atoms with E-state index in [1.54, 1.807) is 7.05 Å². The van der Waals surface area contributed by atoms with Crippen LogP contribution in [0.15, 0.2) is 9.59 Å². The fourth-order valence-electron chi connectivity index (χ4n) is 5.02. The van der Waals surface area contributed by atoms with E-state index in [0.29, 0.717) is 32.2 Å². The molecule has 1 aliphatic carbocycles. The molecule has 35 heavy (non-hydrogen) atoms. The average molecular weight is 491 g/mol. The summed E-state index contributed by atoms with van der Waals surface area (Å²) in [5, 5.41) is 0. The molecule has 2 heterocycles. The molecule has 3 rings (SSSR count). The van der Waals surface area contributed by atoms with E-state index in [1.165, 1.54) is 14.4 Å². The van der Waals surface area contributed by atoms with Crippen LogP contribution in [0, 0.1) is 5.92 Å². The first-order valence-corrected chi connectivity index (χ1v) is 12.6. The van der Waals surface area contributed by atoms with Crippen molar-refractivity contribution in [1.29, 1.82) is 0 Å². The predicted molar refractivity (Wildman–Crippen MR) is 133 cm³/mol. The van der Waals surface area contributed by atoms with Crippen LogP contribution in [0.5, 0.6) is 0 Å². The van der Waals surface area contributed by atoms with Gasteiger partial charge in [-0.3, -0.25) is 28.8 Å². The molecule has 1 saturated heterocycles. The van der Waals surface area contributed by atoms with Gasteiger partial charge in [-0.15, -0.1) is 0 Å². The molecule has 11 nitrogen and oxygen atoms in total. The Morgan fingerprint density at radius 1 is 1.14 bits per heavy atom.